The molecule has 0 aliphatic rings. The molecular formula is C15H25NO3. The zero-order chi connectivity index (χ0) is 14.1. The molecule has 4 nitrogen and oxygen atoms in total. The van der Waals surface area contributed by atoms with Crippen LogP contribution in [0.5, 0.6) is 11.5 Å². The van der Waals surface area contributed by atoms with E-state index in [1.165, 1.54) is 0 Å². The maximum Gasteiger partial charge on any atom is 0.127 e. The van der Waals surface area contributed by atoms with Crippen LogP contribution in [0.15, 0.2) is 18.2 Å². The molecule has 0 saturated carbocycles. The third-order valence-corrected chi connectivity index (χ3v) is 2.95. The van der Waals surface area contributed by atoms with Crippen molar-refractivity contribution in [1.82, 2.24) is 5.32 Å². The van der Waals surface area contributed by atoms with Crippen molar-refractivity contribution in [1.29, 1.82) is 0 Å². The Morgan fingerprint density at radius 3 is 2.63 bits per heavy atom. The van der Waals surface area contributed by atoms with Gasteiger partial charge in [-0.3, -0.25) is 0 Å². The van der Waals surface area contributed by atoms with Gasteiger partial charge in [-0.2, -0.15) is 0 Å². The second-order valence-corrected chi connectivity index (χ2v) is 4.38. The molecule has 1 N–H and O–H groups in total. The number of hydrogen-bond acceptors (Lipinski definition) is 4. The number of hydrogen-bond donors (Lipinski definition) is 1. The fourth-order valence-corrected chi connectivity index (χ4v) is 1.93. The number of benzene rings is 1. The molecule has 0 saturated heterocycles. The van der Waals surface area contributed by atoms with Gasteiger partial charge in [0.2, 0.25) is 0 Å². The summed E-state index contributed by atoms with van der Waals surface area (Å²) < 4.78 is 16.1. The van der Waals surface area contributed by atoms with E-state index in [4.69, 9.17) is 14.2 Å². The molecule has 1 unspecified atom stereocenters. The number of rotatable bonds is 9. The number of nitrogens with one attached hydrogen (secondary N) is 1. The Labute approximate surface area is 116 Å². The highest BCUT2D eigenvalue weighted by Crippen LogP contribution is 2.29. The van der Waals surface area contributed by atoms with Gasteiger partial charge in [-0.25, -0.2) is 0 Å². The third-order valence-electron chi connectivity index (χ3n) is 2.95. The summed E-state index contributed by atoms with van der Waals surface area (Å²) in [6, 6.07) is 6.22. The molecule has 0 heterocycles. The van der Waals surface area contributed by atoms with Crippen molar-refractivity contribution in [2.45, 2.75) is 26.3 Å². The highest BCUT2D eigenvalue weighted by atomic mass is 16.5. The van der Waals surface area contributed by atoms with Crippen LogP contribution in [-0.4, -0.2) is 34.0 Å². The summed E-state index contributed by atoms with van der Waals surface area (Å²) in [5, 5.41) is 3.40. The van der Waals surface area contributed by atoms with Crippen LogP contribution >= 0.6 is 0 Å². The SMILES string of the molecule is CCNC(C)c1ccc(OC)cc1OCCCOC. The Morgan fingerprint density at radius 1 is 1.21 bits per heavy atom. The van der Waals surface area contributed by atoms with Gasteiger partial charge in [-0.15, -0.1) is 0 Å². The smallest absolute Gasteiger partial charge is 0.127 e. The van der Waals surface area contributed by atoms with E-state index in [0.29, 0.717) is 13.2 Å². The summed E-state index contributed by atoms with van der Waals surface area (Å²) in [5.74, 6) is 1.69. The standard InChI is InChI=1S/C15H25NO3/c1-5-16-12(2)14-8-7-13(18-4)11-15(14)19-10-6-9-17-3/h7-8,11-12,16H,5-6,9-10H2,1-4H3. The van der Waals surface area contributed by atoms with Crippen LogP contribution in [-0.2, 0) is 4.74 Å². The average Bonchev–Trinajstić information content (AvgIpc) is 2.43. The molecule has 0 aliphatic heterocycles. The summed E-state index contributed by atoms with van der Waals surface area (Å²) >= 11 is 0. The Morgan fingerprint density at radius 2 is 2.00 bits per heavy atom. The summed E-state index contributed by atoms with van der Waals surface area (Å²) in [4.78, 5) is 0. The van der Waals surface area contributed by atoms with Gasteiger partial charge in [-0.1, -0.05) is 13.0 Å². The summed E-state index contributed by atoms with van der Waals surface area (Å²) in [7, 11) is 3.36. The van der Waals surface area contributed by atoms with Crippen LogP contribution in [0.1, 0.15) is 31.9 Å². The van der Waals surface area contributed by atoms with Gasteiger partial charge >= 0.3 is 0 Å². The topological polar surface area (TPSA) is 39.7 Å². The van der Waals surface area contributed by atoms with Gasteiger partial charge in [0.05, 0.1) is 13.7 Å². The normalized spacial score (nSPS) is 12.2. The monoisotopic (exact) mass is 267 g/mol. The molecule has 1 rings (SSSR count). The maximum absolute atomic E-state index is 5.85. The largest absolute Gasteiger partial charge is 0.497 e. The molecule has 1 aromatic rings. The Kier molecular flexibility index (Phi) is 7.30. The number of methoxy groups -OCH3 is 2. The third kappa shape index (κ3) is 5.09. The molecule has 108 valence electrons. The second kappa shape index (κ2) is 8.77. The van der Waals surface area contributed by atoms with Crippen molar-refractivity contribution in [3.8, 4) is 11.5 Å². The van der Waals surface area contributed by atoms with E-state index in [1.807, 2.05) is 12.1 Å². The minimum Gasteiger partial charge on any atom is -0.497 e. The lowest BCUT2D eigenvalue weighted by molar-refractivity contribution is 0.171. The van der Waals surface area contributed by atoms with Crippen molar-refractivity contribution in [3.63, 3.8) is 0 Å². The van der Waals surface area contributed by atoms with E-state index >= 15 is 0 Å². The minimum atomic E-state index is 0.258. The van der Waals surface area contributed by atoms with Crippen molar-refractivity contribution in [2.24, 2.45) is 0 Å². The Hall–Kier alpha value is -1.26. The van der Waals surface area contributed by atoms with E-state index in [-0.39, 0.29) is 6.04 Å². The highest BCUT2D eigenvalue weighted by molar-refractivity contribution is 5.42. The fraction of sp³-hybridized carbons (Fsp3) is 0.600. The molecule has 4 heteroatoms. The van der Waals surface area contributed by atoms with Gasteiger partial charge < -0.3 is 19.5 Å². The molecule has 0 aliphatic carbocycles. The van der Waals surface area contributed by atoms with Gasteiger partial charge in [-0.05, 0) is 19.5 Å². The zero-order valence-electron chi connectivity index (χ0n) is 12.4. The Bertz CT molecular complexity index is 368. The Balaban J connectivity index is 2.77. The van der Waals surface area contributed by atoms with Crippen LogP contribution in [0.2, 0.25) is 0 Å². The maximum atomic E-state index is 5.85. The van der Waals surface area contributed by atoms with Crippen LogP contribution in [0.25, 0.3) is 0 Å². The highest BCUT2D eigenvalue weighted by Gasteiger charge is 2.12. The first kappa shape index (κ1) is 15.8. The van der Waals surface area contributed by atoms with Crippen molar-refractivity contribution < 1.29 is 14.2 Å². The molecule has 19 heavy (non-hydrogen) atoms. The first-order valence-corrected chi connectivity index (χ1v) is 6.76. The van der Waals surface area contributed by atoms with E-state index in [9.17, 15) is 0 Å². The zero-order valence-corrected chi connectivity index (χ0v) is 12.4. The average molecular weight is 267 g/mol. The lowest BCUT2D eigenvalue weighted by Gasteiger charge is -2.18. The minimum absolute atomic E-state index is 0.258. The van der Waals surface area contributed by atoms with Gasteiger partial charge in [0.15, 0.2) is 0 Å². The first-order chi connectivity index (χ1) is 9.22. The van der Waals surface area contributed by atoms with E-state index in [2.05, 4.69) is 25.2 Å². The molecule has 0 bridgehead atoms. The van der Waals surface area contributed by atoms with Crippen molar-refractivity contribution in [3.05, 3.63) is 23.8 Å². The fourth-order valence-electron chi connectivity index (χ4n) is 1.93. The van der Waals surface area contributed by atoms with Crippen molar-refractivity contribution >= 4 is 0 Å². The van der Waals surface area contributed by atoms with Gasteiger partial charge in [0.1, 0.15) is 11.5 Å². The molecular weight excluding hydrogens is 242 g/mol. The van der Waals surface area contributed by atoms with Gasteiger partial charge in [0, 0.05) is 37.8 Å². The van der Waals surface area contributed by atoms with Crippen LogP contribution < -0.4 is 14.8 Å². The quantitative estimate of drug-likeness (QED) is 0.698. The lowest BCUT2D eigenvalue weighted by Crippen LogP contribution is -2.18. The molecule has 0 radical (unpaired) electrons. The molecule has 0 aromatic heterocycles. The van der Waals surface area contributed by atoms with E-state index < -0.39 is 0 Å². The predicted octanol–water partition coefficient (Wildman–Crippen LogP) is 2.78. The van der Waals surface area contributed by atoms with Crippen LogP contribution in [0.3, 0.4) is 0 Å². The summed E-state index contributed by atoms with van der Waals surface area (Å²) in [6.45, 7) is 6.51. The molecule has 0 spiro atoms. The summed E-state index contributed by atoms with van der Waals surface area (Å²) in [5.41, 5.74) is 1.15. The van der Waals surface area contributed by atoms with E-state index in [1.54, 1.807) is 14.2 Å². The van der Waals surface area contributed by atoms with Crippen LogP contribution in [0.4, 0.5) is 0 Å². The molecule has 1 atom stereocenters. The molecule has 0 amide bonds. The van der Waals surface area contributed by atoms with Crippen molar-refractivity contribution in [2.75, 3.05) is 34.0 Å². The van der Waals surface area contributed by atoms with Crippen LogP contribution in [0, 0.1) is 0 Å². The summed E-state index contributed by atoms with van der Waals surface area (Å²) in [6.07, 6.45) is 0.878. The van der Waals surface area contributed by atoms with E-state index in [0.717, 1.165) is 30.0 Å². The predicted molar refractivity (Wildman–Crippen MR) is 77.1 cm³/mol. The molecule has 0 fully saturated rings. The lowest BCUT2D eigenvalue weighted by atomic mass is 10.1. The van der Waals surface area contributed by atoms with Gasteiger partial charge in [0.25, 0.3) is 0 Å². The second-order valence-electron chi connectivity index (χ2n) is 4.38. The molecule has 1 aromatic carbocycles. The number of ether oxygens (including phenoxy) is 3. The first-order valence-electron chi connectivity index (χ1n) is 6.76.